The summed E-state index contributed by atoms with van der Waals surface area (Å²) in [5.41, 5.74) is 1.41. The molecule has 1 aliphatic heterocycles. The molecule has 1 unspecified atom stereocenters. The predicted octanol–water partition coefficient (Wildman–Crippen LogP) is 4.30. The number of rotatable bonds is 1. The van der Waals surface area contributed by atoms with Gasteiger partial charge in [-0.3, -0.25) is 0 Å². The van der Waals surface area contributed by atoms with Crippen molar-refractivity contribution in [2.24, 2.45) is 0 Å². The average Bonchev–Trinajstić information content (AvgIpc) is 2.60. The van der Waals surface area contributed by atoms with Crippen LogP contribution in [0.25, 0.3) is 32.3 Å². The minimum atomic E-state index is -0.0133. The maximum Gasteiger partial charge on any atom is 0.0729 e. The Morgan fingerprint density at radius 2 is 1.48 bits per heavy atom. The SMILES string of the molecule is [SiH3]C1(c2ccc3ccc4cccc5ccc2c3c45)CCCCO1. The van der Waals surface area contributed by atoms with Crippen LogP contribution in [-0.2, 0) is 9.96 Å². The van der Waals surface area contributed by atoms with Gasteiger partial charge in [-0.15, -0.1) is 0 Å². The molecule has 4 aromatic rings. The zero-order chi connectivity index (χ0) is 15.4. The van der Waals surface area contributed by atoms with Crippen LogP contribution >= 0.6 is 0 Å². The summed E-state index contributed by atoms with van der Waals surface area (Å²) < 4.78 is 6.30. The van der Waals surface area contributed by atoms with Crippen LogP contribution in [0, 0.1) is 0 Å². The topological polar surface area (TPSA) is 9.23 Å². The molecule has 23 heavy (non-hydrogen) atoms. The van der Waals surface area contributed by atoms with E-state index in [0.717, 1.165) is 16.8 Å². The van der Waals surface area contributed by atoms with Crippen molar-refractivity contribution >= 4 is 42.6 Å². The third-order valence-electron chi connectivity index (χ3n) is 5.57. The van der Waals surface area contributed by atoms with Gasteiger partial charge in [0.05, 0.1) is 5.22 Å². The molecule has 1 aliphatic rings. The minimum Gasteiger partial charge on any atom is -0.375 e. The second-order valence-electron chi connectivity index (χ2n) is 7.01. The average molecular weight is 316 g/mol. The molecule has 114 valence electrons. The summed E-state index contributed by atoms with van der Waals surface area (Å²) in [6.45, 7) is 0.908. The summed E-state index contributed by atoms with van der Waals surface area (Å²) in [7, 11) is 1.04. The Morgan fingerprint density at radius 1 is 0.783 bits per heavy atom. The van der Waals surface area contributed by atoms with E-state index in [0.29, 0.717) is 0 Å². The van der Waals surface area contributed by atoms with E-state index in [9.17, 15) is 0 Å². The zero-order valence-corrected chi connectivity index (χ0v) is 15.4. The fraction of sp³-hybridized carbons (Fsp3) is 0.238. The van der Waals surface area contributed by atoms with E-state index in [1.165, 1.54) is 57.1 Å². The van der Waals surface area contributed by atoms with Crippen LogP contribution in [-0.4, -0.2) is 16.8 Å². The molecule has 5 rings (SSSR count). The van der Waals surface area contributed by atoms with Gasteiger partial charge < -0.3 is 4.74 Å². The molecule has 0 aliphatic carbocycles. The van der Waals surface area contributed by atoms with Crippen molar-refractivity contribution in [2.45, 2.75) is 24.5 Å². The lowest BCUT2D eigenvalue weighted by Gasteiger charge is -2.35. The lowest BCUT2D eigenvalue weighted by molar-refractivity contribution is -0.0200. The van der Waals surface area contributed by atoms with Crippen molar-refractivity contribution < 1.29 is 4.74 Å². The van der Waals surface area contributed by atoms with Crippen molar-refractivity contribution in [3.8, 4) is 0 Å². The first-order chi connectivity index (χ1) is 11.3. The molecular weight excluding hydrogens is 296 g/mol. The van der Waals surface area contributed by atoms with Crippen LogP contribution in [0.15, 0.2) is 54.6 Å². The van der Waals surface area contributed by atoms with E-state index in [-0.39, 0.29) is 5.22 Å². The van der Waals surface area contributed by atoms with Gasteiger partial charge in [-0.2, -0.15) is 0 Å². The van der Waals surface area contributed by atoms with Crippen LogP contribution in [0.3, 0.4) is 0 Å². The van der Waals surface area contributed by atoms with Gasteiger partial charge in [-0.05, 0) is 57.1 Å². The molecule has 0 saturated carbocycles. The van der Waals surface area contributed by atoms with Gasteiger partial charge in [0.15, 0.2) is 0 Å². The Bertz CT molecular complexity index is 999. The largest absolute Gasteiger partial charge is 0.375 e. The summed E-state index contributed by atoms with van der Waals surface area (Å²) in [6.07, 6.45) is 3.66. The maximum absolute atomic E-state index is 6.30. The lowest BCUT2D eigenvalue weighted by Crippen LogP contribution is -2.34. The number of ether oxygens (including phenoxy) is 1. The molecule has 0 amide bonds. The van der Waals surface area contributed by atoms with E-state index in [4.69, 9.17) is 4.74 Å². The van der Waals surface area contributed by atoms with E-state index in [1.54, 1.807) is 0 Å². The molecule has 0 bridgehead atoms. The fourth-order valence-corrected chi connectivity index (χ4v) is 5.34. The first-order valence-electron chi connectivity index (χ1n) is 8.57. The number of hydrogen-bond acceptors (Lipinski definition) is 1. The Kier molecular flexibility index (Phi) is 2.82. The standard InChI is InChI=1S/C21H20OSi/c23-21(12-1-2-13-22-21)18-11-9-16-7-6-14-4-3-5-15-8-10-17(18)20(16)19(14)15/h3-11H,1-2,12-13H2,23H3. The Hall–Kier alpha value is -1.90. The highest BCUT2D eigenvalue weighted by molar-refractivity contribution is 6.25. The van der Waals surface area contributed by atoms with Gasteiger partial charge in [-0.25, -0.2) is 0 Å². The predicted molar refractivity (Wildman–Crippen MR) is 102 cm³/mol. The third-order valence-corrected chi connectivity index (χ3v) is 6.89. The van der Waals surface area contributed by atoms with Crippen molar-refractivity contribution in [2.75, 3.05) is 6.61 Å². The lowest BCUT2D eigenvalue weighted by atomic mass is 9.88. The van der Waals surface area contributed by atoms with Gasteiger partial charge in [0.1, 0.15) is 0 Å². The molecule has 1 fully saturated rings. The van der Waals surface area contributed by atoms with E-state index in [2.05, 4.69) is 54.6 Å². The van der Waals surface area contributed by atoms with Gasteiger partial charge in [0, 0.05) is 16.8 Å². The first kappa shape index (κ1) is 13.5. The van der Waals surface area contributed by atoms with E-state index < -0.39 is 0 Å². The van der Waals surface area contributed by atoms with Crippen LogP contribution in [0.5, 0.6) is 0 Å². The summed E-state index contributed by atoms with van der Waals surface area (Å²) in [4.78, 5) is 0. The van der Waals surface area contributed by atoms with E-state index >= 15 is 0 Å². The fourth-order valence-electron chi connectivity index (χ4n) is 4.34. The molecule has 0 aromatic heterocycles. The summed E-state index contributed by atoms with van der Waals surface area (Å²) in [6, 6.07) is 20.3. The zero-order valence-electron chi connectivity index (χ0n) is 13.4. The Balaban J connectivity index is 1.91. The Labute approximate surface area is 139 Å². The maximum atomic E-state index is 6.30. The van der Waals surface area contributed by atoms with Crippen molar-refractivity contribution in [1.82, 2.24) is 0 Å². The van der Waals surface area contributed by atoms with Gasteiger partial charge >= 0.3 is 0 Å². The summed E-state index contributed by atoms with van der Waals surface area (Å²) in [5.74, 6) is 0. The highest BCUT2D eigenvalue weighted by Crippen LogP contribution is 2.41. The number of hydrogen-bond donors (Lipinski definition) is 0. The van der Waals surface area contributed by atoms with Crippen molar-refractivity contribution in [3.63, 3.8) is 0 Å². The molecule has 1 saturated heterocycles. The molecule has 1 heterocycles. The van der Waals surface area contributed by atoms with Crippen molar-refractivity contribution in [1.29, 1.82) is 0 Å². The molecule has 0 spiro atoms. The molecule has 0 radical (unpaired) electrons. The first-order valence-corrected chi connectivity index (χ1v) is 9.57. The Morgan fingerprint density at radius 3 is 2.22 bits per heavy atom. The molecule has 4 aromatic carbocycles. The molecule has 1 atom stereocenters. The van der Waals surface area contributed by atoms with Crippen molar-refractivity contribution in [3.05, 3.63) is 60.2 Å². The van der Waals surface area contributed by atoms with E-state index in [1.807, 2.05) is 0 Å². The second-order valence-corrected chi connectivity index (χ2v) is 8.62. The number of benzene rings is 4. The highest BCUT2D eigenvalue weighted by atomic mass is 28.1. The molecule has 0 N–H and O–H groups in total. The normalized spacial score (nSPS) is 22.4. The van der Waals surface area contributed by atoms with Crippen LogP contribution in [0.4, 0.5) is 0 Å². The summed E-state index contributed by atoms with van der Waals surface area (Å²) >= 11 is 0. The van der Waals surface area contributed by atoms with Gasteiger partial charge in [-0.1, -0.05) is 54.6 Å². The van der Waals surface area contributed by atoms with Gasteiger partial charge in [0.25, 0.3) is 0 Å². The molecule has 1 nitrogen and oxygen atoms in total. The third kappa shape index (κ3) is 1.88. The van der Waals surface area contributed by atoms with Crippen LogP contribution in [0.1, 0.15) is 24.8 Å². The second kappa shape index (κ2) is 4.79. The minimum absolute atomic E-state index is 0.0133. The van der Waals surface area contributed by atoms with Gasteiger partial charge in [0.2, 0.25) is 0 Å². The quantitative estimate of drug-likeness (QED) is 0.376. The highest BCUT2D eigenvalue weighted by Gasteiger charge is 2.31. The smallest absolute Gasteiger partial charge is 0.0729 e. The molecular formula is C21H20OSi. The van der Waals surface area contributed by atoms with Crippen LogP contribution < -0.4 is 0 Å². The monoisotopic (exact) mass is 316 g/mol. The molecule has 2 heteroatoms. The summed E-state index contributed by atoms with van der Waals surface area (Å²) in [5, 5.41) is 8.22. The van der Waals surface area contributed by atoms with Crippen LogP contribution in [0.2, 0.25) is 0 Å².